The lowest BCUT2D eigenvalue weighted by atomic mass is 10.0. The predicted molar refractivity (Wildman–Crippen MR) is 259 cm³/mol. The molecule has 0 aromatic carbocycles. The monoisotopic (exact) mass is 840 g/mol. The Hall–Kier alpha value is -2.44. The van der Waals surface area contributed by atoms with Gasteiger partial charge in [-0.05, 0) is 70.6 Å². The molecular weight excluding hydrogens is 743 g/mol. The lowest BCUT2D eigenvalue weighted by molar-refractivity contribution is -0.151. The Balaban J connectivity index is 4.62. The van der Waals surface area contributed by atoms with Crippen LogP contribution in [-0.4, -0.2) is 46.9 Å². The summed E-state index contributed by atoms with van der Waals surface area (Å²) < 4.78 is 5.92. The number of carbonyl (C=O) groups is 2. The van der Waals surface area contributed by atoms with Gasteiger partial charge in [0.2, 0.25) is 5.91 Å². The van der Waals surface area contributed by atoms with Crippen LogP contribution >= 0.6 is 0 Å². The van der Waals surface area contributed by atoms with Crippen molar-refractivity contribution in [2.75, 3.05) is 6.61 Å². The zero-order valence-electron chi connectivity index (χ0n) is 39.6. The normalized spacial score (nSPS) is 13.8. The molecule has 60 heavy (non-hydrogen) atoms. The molecule has 0 saturated heterocycles. The van der Waals surface area contributed by atoms with Gasteiger partial charge >= 0.3 is 5.97 Å². The van der Waals surface area contributed by atoms with Gasteiger partial charge in [0, 0.05) is 6.42 Å². The van der Waals surface area contributed by atoms with Gasteiger partial charge < -0.3 is 20.3 Å². The van der Waals surface area contributed by atoms with Crippen molar-refractivity contribution < 1.29 is 24.5 Å². The van der Waals surface area contributed by atoms with Crippen LogP contribution in [0.25, 0.3) is 0 Å². The fraction of sp³-hybridized carbons (Fsp3) is 0.778. The van der Waals surface area contributed by atoms with Gasteiger partial charge in [0.1, 0.15) is 6.10 Å². The van der Waals surface area contributed by atoms with E-state index < -0.39 is 18.2 Å². The first-order chi connectivity index (χ1) is 29.5. The van der Waals surface area contributed by atoms with Gasteiger partial charge in [-0.15, -0.1) is 0 Å². The van der Waals surface area contributed by atoms with Crippen LogP contribution in [0.5, 0.6) is 0 Å². The van der Waals surface area contributed by atoms with E-state index in [9.17, 15) is 19.8 Å². The molecular formula is C54H97NO5. The van der Waals surface area contributed by atoms with Crippen LogP contribution < -0.4 is 5.32 Å². The molecule has 6 nitrogen and oxygen atoms in total. The van der Waals surface area contributed by atoms with Crippen molar-refractivity contribution in [2.24, 2.45) is 0 Å². The van der Waals surface area contributed by atoms with E-state index in [4.69, 9.17) is 4.74 Å². The number of amides is 1. The fourth-order valence-corrected chi connectivity index (χ4v) is 7.55. The molecule has 348 valence electrons. The van der Waals surface area contributed by atoms with E-state index in [0.29, 0.717) is 19.3 Å². The SMILES string of the molecule is CC/C=C/C=C/C=C/C=C\CCCCCCCC(=O)OC(CCCCCCC/C=C\CCCCCC)CC(=O)NC(CO)C(O)CCCCCCCCCCCCCCC. The largest absolute Gasteiger partial charge is 0.462 e. The Labute approximate surface area is 371 Å². The molecule has 0 aliphatic carbocycles. The average Bonchev–Trinajstić information content (AvgIpc) is 3.24. The van der Waals surface area contributed by atoms with Crippen molar-refractivity contribution in [3.63, 3.8) is 0 Å². The minimum Gasteiger partial charge on any atom is -0.462 e. The van der Waals surface area contributed by atoms with E-state index >= 15 is 0 Å². The smallest absolute Gasteiger partial charge is 0.306 e. The number of esters is 1. The first-order valence-electron chi connectivity index (χ1n) is 25.6. The van der Waals surface area contributed by atoms with Crippen molar-refractivity contribution in [2.45, 2.75) is 264 Å². The summed E-state index contributed by atoms with van der Waals surface area (Å²) in [4.78, 5) is 26.1. The molecule has 3 unspecified atom stereocenters. The molecule has 6 heteroatoms. The van der Waals surface area contributed by atoms with Gasteiger partial charge in [0.05, 0.1) is 25.2 Å². The Kier molecular flexibility index (Phi) is 45.7. The summed E-state index contributed by atoms with van der Waals surface area (Å²) in [5.41, 5.74) is 0. The van der Waals surface area contributed by atoms with Gasteiger partial charge in [-0.25, -0.2) is 0 Å². The first-order valence-corrected chi connectivity index (χ1v) is 25.6. The molecule has 0 spiro atoms. The number of aliphatic hydroxyl groups is 2. The highest BCUT2D eigenvalue weighted by Gasteiger charge is 2.24. The molecule has 0 radical (unpaired) electrons. The van der Waals surface area contributed by atoms with E-state index in [1.54, 1.807) is 0 Å². The third-order valence-corrected chi connectivity index (χ3v) is 11.4. The quantitative estimate of drug-likeness (QED) is 0.0246. The lowest BCUT2D eigenvalue weighted by Gasteiger charge is -2.24. The number of hydrogen-bond donors (Lipinski definition) is 3. The van der Waals surface area contributed by atoms with Crippen LogP contribution in [0, 0.1) is 0 Å². The van der Waals surface area contributed by atoms with E-state index in [1.165, 1.54) is 109 Å². The van der Waals surface area contributed by atoms with E-state index in [1.807, 2.05) is 18.2 Å². The minimum atomic E-state index is -0.795. The summed E-state index contributed by atoms with van der Waals surface area (Å²) in [6.07, 6.45) is 58.4. The highest BCUT2D eigenvalue weighted by molar-refractivity contribution is 5.77. The average molecular weight is 840 g/mol. The van der Waals surface area contributed by atoms with Crippen molar-refractivity contribution in [1.82, 2.24) is 5.32 Å². The number of carbonyl (C=O) groups excluding carboxylic acids is 2. The van der Waals surface area contributed by atoms with Gasteiger partial charge in [-0.3, -0.25) is 9.59 Å². The second kappa shape index (κ2) is 47.6. The summed E-state index contributed by atoms with van der Waals surface area (Å²) in [6.45, 7) is 6.33. The van der Waals surface area contributed by atoms with Crippen LogP contribution in [0.3, 0.4) is 0 Å². The predicted octanol–water partition coefficient (Wildman–Crippen LogP) is 15.2. The minimum absolute atomic E-state index is 0.0612. The van der Waals surface area contributed by atoms with Crippen LogP contribution in [0.4, 0.5) is 0 Å². The Morgan fingerprint density at radius 3 is 1.43 bits per heavy atom. The standard InChI is InChI=1S/C54H97NO5/c1-4-7-10-13-16-19-22-25-26-29-32-35-38-41-44-47-54(59)60-50(45-42-39-36-33-30-27-23-20-17-14-11-8-5-2)48-53(58)55-51(49-56)52(57)46-43-40-37-34-31-28-24-21-18-15-12-9-6-3/h7,10,13,16,19-20,22-23,25-26,50-52,56-57H,4-6,8-9,11-12,14-15,17-18,21,24,27-49H2,1-3H3,(H,55,58)/b10-7+,16-13+,22-19+,23-20-,26-25-. The van der Waals surface area contributed by atoms with Crippen LogP contribution in [0.2, 0.25) is 0 Å². The molecule has 0 aromatic rings. The molecule has 0 fully saturated rings. The summed E-state index contributed by atoms with van der Waals surface area (Å²) >= 11 is 0. The summed E-state index contributed by atoms with van der Waals surface area (Å²) in [5.74, 6) is -0.507. The number of rotatable bonds is 45. The topological polar surface area (TPSA) is 95.9 Å². The molecule has 3 atom stereocenters. The second-order valence-electron chi connectivity index (χ2n) is 17.3. The number of unbranched alkanes of at least 4 members (excludes halogenated alkanes) is 26. The lowest BCUT2D eigenvalue weighted by Crippen LogP contribution is -2.46. The second-order valence-corrected chi connectivity index (χ2v) is 17.3. The van der Waals surface area contributed by atoms with E-state index in [2.05, 4.69) is 68.6 Å². The molecule has 3 N–H and O–H groups in total. The third kappa shape index (κ3) is 42.3. The number of ether oxygens (including phenoxy) is 1. The maximum atomic E-state index is 13.2. The molecule has 0 aliphatic rings. The van der Waals surface area contributed by atoms with E-state index in [-0.39, 0.29) is 24.9 Å². The molecule has 0 bridgehead atoms. The van der Waals surface area contributed by atoms with Crippen molar-refractivity contribution >= 4 is 11.9 Å². The number of nitrogens with one attached hydrogen (secondary N) is 1. The summed E-state index contributed by atoms with van der Waals surface area (Å²) in [5, 5.41) is 23.8. The zero-order valence-corrected chi connectivity index (χ0v) is 39.6. The van der Waals surface area contributed by atoms with Crippen molar-refractivity contribution in [3.05, 3.63) is 60.8 Å². The molecule has 0 aliphatic heterocycles. The first kappa shape index (κ1) is 57.6. The van der Waals surface area contributed by atoms with E-state index in [0.717, 1.165) is 89.9 Å². The van der Waals surface area contributed by atoms with Crippen LogP contribution in [0.15, 0.2) is 60.8 Å². The summed E-state index contributed by atoms with van der Waals surface area (Å²) in [6, 6.07) is -0.710. The highest BCUT2D eigenvalue weighted by atomic mass is 16.5. The molecule has 0 rings (SSSR count). The van der Waals surface area contributed by atoms with Crippen molar-refractivity contribution in [1.29, 1.82) is 0 Å². The van der Waals surface area contributed by atoms with Crippen LogP contribution in [-0.2, 0) is 14.3 Å². The fourth-order valence-electron chi connectivity index (χ4n) is 7.55. The molecule has 0 aromatic heterocycles. The maximum Gasteiger partial charge on any atom is 0.306 e. The Bertz CT molecular complexity index is 1080. The number of allylic oxidation sites excluding steroid dienone is 10. The zero-order chi connectivity index (χ0) is 43.8. The molecule has 0 saturated carbocycles. The molecule has 0 heterocycles. The maximum absolute atomic E-state index is 13.2. The third-order valence-electron chi connectivity index (χ3n) is 11.4. The van der Waals surface area contributed by atoms with Crippen molar-refractivity contribution in [3.8, 4) is 0 Å². The van der Waals surface area contributed by atoms with Gasteiger partial charge in [0.15, 0.2) is 0 Å². The molecule has 1 amide bonds. The number of hydrogen-bond acceptors (Lipinski definition) is 5. The van der Waals surface area contributed by atoms with Gasteiger partial charge in [-0.2, -0.15) is 0 Å². The van der Waals surface area contributed by atoms with Gasteiger partial charge in [-0.1, -0.05) is 223 Å². The van der Waals surface area contributed by atoms with Crippen LogP contribution in [0.1, 0.15) is 245 Å². The Morgan fingerprint density at radius 1 is 0.500 bits per heavy atom. The number of aliphatic hydroxyl groups excluding tert-OH is 2. The highest BCUT2D eigenvalue weighted by Crippen LogP contribution is 2.18. The summed E-state index contributed by atoms with van der Waals surface area (Å²) in [7, 11) is 0. The van der Waals surface area contributed by atoms with Gasteiger partial charge in [0.25, 0.3) is 0 Å². The Morgan fingerprint density at radius 2 is 0.917 bits per heavy atom.